The first kappa shape index (κ1) is 19.2. The number of rotatable bonds is 7. The molecule has 8 nitrogen and oxygen atoms in total. The summed E-state index contributed by atoms with van der Waals surface area (Å²) in [6.07, 6.45) is 1.61. The molecule has 0 fully saturated rings. The van der Waals surface area contributed by atoms with Crippen LogP contribution in [0.3, 0.4) is 0 Å². The maximum absolute atomic E-state index is 12.0. The number of nitrogens with zero attached hydrogens (tertiary/aromatic N) is 3. The molecule has 26 heavy (non-hydrogen) atoms. The largest absolute Gasteiger partial charge is 0.462 e. The van der Waals surface area contributed by atoms with E-state index in [0.29, 0.717) is 12.1 Å². The Morgan fingerprint density at radius 3 is 2.69 bits per heavy atom. The zero-order chi connectivity index (χ0) is 18.9. The fourth-order valence-electron chi connectivity index (χ4n) is 1.94. The van der Waals surface area contributed by atoms with E-state index in [4.69, 9.17) is 15.7 Å². The second-order valence-corrected chi connectivity index (χ2v) is 5.98. The van der Waals surface area contributed by atoms with E-state index >= 15 is 0 Å². The van der Waals surface area contributed by atoms with E-state index in [0.717, 1.165) is 17.3 Å². The summed E-state index contributed by atoms with van der Waals surface area (Å²) < 4.78 is 4.85. The zero-order valence-corrected chi connectivity index (χ0v) is 14.9. The lowest BCUT2D eigenvalue weighted by molar-refractivity contribution is -0.113. The molecule has 0 bridgehead atoms. The first-order valence-corrected chi connectivity index (χ1v) is 8.70. The molecule has 0 atom stereocenters. The second kappa shape index (κ2) is 9.39. The van der Waals surface area contributed by atoms with E-state index in [9.17, 15) is 9.59 Å². The summed E-state index contributed by atoms with van der Waals surface area (Å²) in [5, 5.41) is 11.7. The SMILES string of the molecule is CCOC(=O)c1cnc(SCC(=O)Nc2ccc(CC#N)cc2)nc1N. The molecule has 0 radical (unpaired) electrons. The van der Waals surface area contributed by atoms with Gasteiger partial charge in [0.25, 0.3) is 0 Å². The molecule has 0 aliphatic carbocycles. The van der Waals surface area contributed by atoms with Gasteiger partial charge < -0.3 is 15.8 Å². The zero-order valence-electron chi connectivity index (χ0n) is 14.1. The number of amides is 1. The van der Waals surface area contributed by atoms with E-state index in [1.807, 2.05) is 0 Å². The third-order valence-corrected chi connectivity index (χ3v) is 4.01. The Balaban J connectivity index is 1.89. The number of nitrogen functional groups attached to an aromatic ring is 1. The van der Waals surface area contributed by atoms with Crippen molar-refractivity contribution in [2.45, 2.75) is 18.5 Å². The normalized spacial score (nSPS) is 10.0. The van der Waals surface area contributed by atoms with Gasteiger partial charge in [0.1, 0.15) is 11.4 Å². The van der Waals surface area contributed by atoms with Gasteiger partial charge in [-0.05, 0) is 24.6 Å². The number of nitriles is 1. The van der Waals surface area contributed by atoms with Crippen molar-refractivity contribution >= 4 is 35.1 Å². The van der Waals surface area contributed by atoms with Gasteiger partial charge in [-0.25, -0.2) is 14.8 Å². The van der Waals surface area contributed by atoms with E-state index in [1.54, 1.807) is 31.2 Å². The fraction of sp³-hybridized carbons (Fsp3) is 0.235. The van der Waals surface area contributed by atoms with Crippen molar-refractivity contribution < 1.29 is 14.3 Å². The molecule has 1 heterocycles. The number of thioether (sulfide) groups is 1. The van der Waals surface area contributed by atoms with Crippen LogP contribution in [-0.4, -0.2) is 34.2 Å². The van der Waals surface area contributed by atoms with Crippen LogP contribution in [0.2, 0.25) is 0 Å². The van der Waals surface area contributed by atoms with Crippen LogP contribution < -0.4 is 11.1 Å². The lowest BCUT2D eigenvalue weighted by Gasteiger charge is -2.07. The summed E-state index contributed by atoms with van der Waals surface area (Å²) in [5.74, 6) is -0.730. The molecule has 0 spiro atoms. The first-order valence-electron chi connectivity index (χ1n) is 7.71. The van der Waals surface area contributed by atoms with E-state index in [2.05, 4.69) is 21.4 Å². The van der Waals surface area contributed by atoms with Crippen LogP contribution in [0.15, 0.2) is 35.6 Å². The van der Waals surface area contributed by atoms with Gasteiger partial charge in [0.2, 0.25) is 5.91 Å². The summed E-state index contributed by atoms with van der Waals surface area (Å²) in [6, 6.07) is 9.09. The summed E-state index contributed by atoms with van der Waals surface area (Å²) in [4.78, 5) is 31.7. The number of hydrogen-bond acceptors (Lipinski definition) is 8. The Labute approximate surface area is 154 Å². The predicted molar refractivity (Wildman–Crippen MR) is 97.5 cm³/mol. The second-order valence-electron chi connectivity index (χ2n) is 5.04. The third-order valence-electron chi connectivity index (χ3n) is 3.14. The number of aromatic nitrogens is 2. The Kier molecular flexibility index (Phi) is 6.93. The van der Waals surface area contributed by atoms with Crippen LogP contribution in [0.4, 0.5) is 11.5 Å². The van der Waals surface area contributed by atoms with Gasteiger partial charge in [0.15, 0.2) is 5.16 Å². The molecule has 0 saturated heterocycles. The number of ether oxygens (including phenoxy) is 1. The smallest absolute Gasteiger partial charge is 0.343 e. The van der Waals surface area contributed by atoms with Gasteiger partial charge in [0.05, 0.1) is 24.8 Å². The lowest BCUT2D eigenvalue weighted by Crippen LogP contribution is -2.15. The van der Waals surface area contributed by atoms with Gasteiger partial charge >= 0.3 is 5.97 Å². The maximum Gasteiger partial charge on any atom is 0.343 e. The summed E-state index contributed by atoms with van der Waals surface area (Å²) >= 11 is 1.10. The summed E-state index contributed by atoms with van der Waals surface area (Å²) in [6.45, 7) is 1.92. The number of benzene rings is 1. The molecule has 1 aromatic heterocycles. The van der Waals surface area contributed by atoms with E-state index < -0.39 is 5.97 Å². The van der Waals surface area contributed by atoms with Crippen molar-refractivity contribution in [3.05, 3.63) is 41.6 Å². The van der Waals surface area contributed by atoms with Crippen LogP contribution in [0.25, 0.3) is 0 Å². The molecular formula is C17H17N5O3S. The Bertz CT molecular complexity index is 833. The van der Waals surface area contributed by atoms with Gasteiger partial charge in [0, 0.05) is 11.9 Å². The number of anilines is 2. The van der Waals surface area contributed by atoms with Crippen LogP contribution in [0.5, 0.6) is 0 Å². The monoisotopic (exact) mass is 371 g/mol. The summed E-state index contributed by atoms with van der Waals surface area (Å²) in [7, 11) is 0. The van der Waals surface area contributed by atoms with E-state index in [1.165, 1.54) is 6.20 Å². The topological polar surface area (TPSA) is 131 Å². The van der Waals surface area contributed by atoms with Crippen molar-refractivity contribution in [3.8, 4) is 6.07 Å². The maximum atomic E-state index is 12.0. The molecule has 3 N–H and O–H groups in total. The Hall–Kier alpha value is -3.12. The molecule has 134 valence electrons. The molecule has 1 amide bonds. The van der Waals surface area contributed by atoms with Crippen LogP contribution >= 0.6 is 11.8 Å². The van der Waals surface area contributed by atoms with Gasteiger partial charge in [-0.15, -0.1) is 0 Å². The lowest BCUT2D eigenvalue weighted by atomic mass is 10.1. The van der Waals surface area contributed by atoms with E-state index in [-0.39, 0.29) is 34.8 Å². The molecule has 0 saturated carbocycles. The van der Waals surface area contributed by atoms with Crippen LogP contribution in [-0.2, 0) is 16.0 Å². The van der Waals surface area contributed by atoms with Crippen molar-refractivity contribution in [2.24, 2.45) is 0 Å². The van der Waals surface area contributed by atoms with Crippen LogP contribution in [0, 0.1) is 11.3 Å². The minimum absolute atomic E-state index is 0.00874. The highest BCUT2D eigenvalue weighted by molar-refractivity contribution is 7.99. The minimum atomic E-state index is -0.584. The van der Waals surface area contributed by atoms with Gasteiger partial charge in [-0.1, -0.05) is 23.9 Å². The molecular weight excluding hydrogens is 354 g/mol. The highest BCUT2D eigenvalue weighted by Gasteiger charge is 2.14. The number of nitrogens with one attached hydrogen (secondary N) is 1. The summed E-state index contributed by atoms with van der Waals surface area (Å²) in [5.41, 5.74) is 7.34. The Morgan fingerprint density at radius 1 is 1.35 bits per heavy atom. The van der Waals surface area contributed by atoms with Gasteiger partial charge in [-0.3, -0.25) is 4.79 Å². The molecule has 0 aliphatic rings. The molecule has 9 heteroatoms. The predicted octanol–water partition coefficient (Wildman–Crippen LogP) is 2.03. The number of nitrogens with two attached hydrogens (primary N) is 1. The van der Waals surface area contributed by atoms with Crippen molar-refractivity contribution in [2.75, 3.05) is 23.4 Å². The quantitative estimate of drug-likeness (QED) is 0.429. The third kappa shape index (κ3) is 5.46. The standard InChI is InChI=1S/C17H17N5O3S/c1-2-25-16(24)13-9-20-17(22-15(13)19)26-10-14(23)21-12-5-3-11(4-6-12)7-8-18/h3-6,9H,2,7,10H2,1H3,(H,21,23)(H2,19,20,22). The van der Waals surface area contributed by atoms with Gasteiger partial charge in [-0.2, -0.15) is 5.26 Å². The Morgan fingerprint density at radius 2 is 2.08 bits per heavy atom. The average molecular weight is 371 g/mol. The number of hydrogen-bond donors (Lipinski definition) is 2. The molecule has 2 rings (SSSR count). The van der Waals surface area contributed by atoms with Crippen molar-refractivity contribution in [1.29, 1.82) is 5.26 Å². The average Bonchev–Trinajstić information content (AvgIpc) is 2.62. The number of esters is 1. The number of carbonyl (C=O) groups is 2. The first-order chi connectivity index (χ1) is 12.5. The highest BCUT2D eigenvalue weighted by Crippen LogP contribution is 2.18. The number of carbonyl (C=O) groups excluding carboxylic acids is 2. The molecule has 0 unspecified atom stereocenters. The van der Waals surface area contributed by atoms with Crippen molar-refractivity contribution in [1.82, 2.24) is 9.97 Å². The highest BCUT2D eigenvalue weighted by atomic mass is 32.2. The van der Waals surface area contributed by atoms with Crippen LogP contribution in [0.1, 0.15) is 22.8 Å². The molecule has 2 aromatic rings. The minimum Gasteiger partial charge on any atom is -0.462 e. The fourth-order valence-corrected chi connectivity index (χ4v) is 2.56. The van der Waals surface area contributed by atoms with Crippen molar-refractivity contribution in [3.63, 3.8) is 0 Å². The molecule has 0 aliphatic heterocycles. The molecule has 1 aromatic carbocycles.